The van der Waals surface area contributed by atoms with Crippen molar-refractivity contribution in [3.8, 4) is 0 Å². The number of fused-ring (bicyclic) bond motifs is 1. The predicted octanol–water partition coefficient (Wildman–Crippen LogP) is 3.72. The van der Waals surface area contributed by atoms with E-state index in [0.29, 0.717) is 34.5 Å². The molecule has 1 aliphatic rings. The molecular formula is C17H17Cl2N3O. The zero-order chi connectivity index (χ0) is 16.2. The molecule has 0 unspecified atom stereocenters. The van der Waals surface area contributed by atoms with Gasteiger partial charge in [0.25, 0.3) is 5.91 Å². The molecule has 4 nitrogen and oxygen atoms in total. The van der Waals surface area contributed by atoms with Gasteiger partial charge in [0.2, 0.25) is 0 Å². The fraction of sp³-hybridized carbons (Fsp3) is 0.294. The van der Waals surface area contributed by atoms with Crippen LogP contribution in [0.4, 0.5) is 5.82 Å². The lowest BCUT2D eigenvalue weighted by Gasteiger charge is -2.09. The first-order valence-electron chi connectivity index (χ1n) is 7.58. The van der Waals surface area contributed by atoms with Crippen LogP contribution in [0.3, 0.4) is 0 Å². The second-order valence-electron chi connectivity index (χ2n) is 5.50. The van der Waals surface area contributed by atoms with Crippen molar-refractivity contribution in [3.05, 3.63) is 57.2 Å². The van der Waals surface area contributed by atoms with Gasteiger partial charge in [0.1, 0.15) is 5.82 Å². The molecular weight excluding hydrogens is 333 g/mol. The molecule has 120 valence electrons. The Morgan fingerprint density at radius 1 is 1.13 bits per heavy atom. The summed E-state index contributed by atoms with van der Waals surface area (Å²) in [5.74, 6) is 0.500. The lowest BCUT2D eigenvalue weighted by molar-refractivity contribution is 0.0955. The summed E-state index contributed by atoms with van der Waals surface area (Å²) in [6.45, 7) is 1.02. The summed E-state index contributed by atoms with van der Waals surface area (Å²) in [6.07, 6.45) is 4.90. The molecule has 1 aromatic carbocycles. The van der Waals surface area contributed by atoms with Gasteiger partial charge in [-0.3, -0.25) is 4.79 Å². The second-order valence-corrected chi connectivity index (χ2v) is 6.35. The fourth-order valence-corrected chi connectivity index (χ4v) is 3.16. The third-order valence-corrected chi connectivity index (χ3v) is 4.37. The molecule has 0 spiro atoms. The normalized spacial score (nSPS) is 12.8. The number of halogens is 2. The van der Waals surface area contributed by atoms with E-state index in [1.165, 1.54) is 23.7 Å². The fourth-order valence-electron chi connectivity index (χ4n) is 2.72. The third-order valence-electron chi connectivity index (χ3n) is 3.87. The Bertz CT molecular complexity index is 734. The first-order valence-corrected chi connectivity index (χ1v) is 8.34. The van der Waals surface area contributed by atoms with Crippen molar-refractivity contribution in [1.82, 2.24) is 10.3 Å². The molecule has 0 saturated heterocycles. The van der Waals surface area contributed by atoms with E-state index < -0.39 is 0 Å². The molecule has 0 fully saturated rings. The Hall–Kier alpha value is -1.78. The number of carbonyl (C=O) groups excluding carboxylic acids is 1. The van der Waals surface area contributed by atoms with Crippen LogP contribution in [0.5, 0.6) is 0 Å². The number of amides is 1. The number of pyridine rings is 1. The molecule has 1 amide bonds. The maximum Gasteiger partial charge on any atom is 0.251 e. The van der Waals surface area contributed by atoms with Crippen LogP contribution in [-0.4, -0.2) is 24.0 Å². The number of nitrogens with one attached hydrogen (secondary N) is 2. The highest BCUT2D eigenvalue weighted by molar-refractivity contribution is 6.35. The van der Waals surface area contributed by atoms with E-state index in [9.17, 15) is 4.79 Å². The zero-order valence-corrected chi connectivity index (χ0v) is 14.0. The quantitative estimate of drug-likeness (QED) is 0.808. The molecule has 1 heterocycles. The molecule has 0 radical (unpaired) electrons. The lowest BCUT2D eigenvalue weighted by atomic mass is 10.1. The van der Waals surface area contributed by atoms with Crippen molar-refractivity contribution in [2.24, 2.45) is 0 Å². The molecule has 1 aromatic heterocycles. The van der Waals surface area contributed by atoms with Gasteiger partial charge >= 0.3 is 0 Å². The SMILES string of the molecule is O=C(NCCNc1ncc(Cl)cc1Cl)c1ccc2c(c1)CCC2. The van der Waals surface area contributed by atoms with Crippen molar-refractivity contribution in [2.75, 3.05) is 18.4 Å². The summed E-state index contributed by atoms with van der Waals surface area (Å²) in [5, 5.41) is 6.92. The predicted molar refractivity (Wildman–Crippen MR) is 93.5 cm³/mol. The average Bonchev–Trinajstić information content (AvgIpc) is 3.00. The summed E-state index contributed by atoms with van der Waals surface area (Å²) in [7, 11) is 0. The minimum Gasteiger partial charge on any atom is -0.367 e. The summed E-state index contributed by atoms with van der Waals surface area (Å²) in [4.78, 5) is 16.3. The summed E-state index contributed by atoms with van der Waals surface area (Å²) in [5.41, 5.74) is 3.38. The molecule has 1 aliphatic carbocycles. The lowest BCUT2D eigenvalue weighted by Crippen LogP contribution is -2.29. The van der Waals surface area contributed by atoms with Gasteiger partial charge in [-0.15, -0.1) is 0 Å². The van der Waals surface area contributed by atoms with Crippen molar-refractivity contribution in [2.45, 2.75) is 19.3 Å². The maximum atomic E-state index is 12.2. The number of benzene rings is 1. The van der Waals surface area contributed by atoms with Gasteiger partial charge in [-0.25, -0.2) is 4.98 Å². The van der Waals surface area contributed by atoms with E-state index in [-0.39, 0.29) is 5.91 Å². The van der Waals surface area contributed by atoms with E-state index in [1.54, 1.807) is 6.07 Å². The number of nitrogens with zero attached hydrogens (tertiary/aromatic N) is 1. The van der Waals surface area contributed by atoms with Crippen LogP contribution in [0.15, 0.2) is 30.5 Å². The van der Waals surface area contributed by atoms with Crippen LogP contribution in [0.25, 0.3) is 0 Å². The van der Waals surface area contributed by atoms with Crippen LogP contribution in [0.1, 0.15) is 27.9 Å². The van der Waals surface area contributed by atoms with Crippen LogP contribution in [0.2, 0.25) is 10.0 Å². The molecule has 23 heavy (non-hydrogen) atoms. The highest BCUT2D eigenvalue weighted by atomic mass is 35.5. The number of aromatic nitrogens is 1. The van der Waals surface area contributed by atoms with Gasteiger partial charge in [-0.1, -0.05) is 29.3 Å². The van der Waals surface area contributed by atoms with Gasteiger partial charge in [-0.05, 0) is 48.6 Å². The maximum absolute atomic E-state index is 12.2. The van der Waals surface area contributed by atoms with Gasteiger partial charge in [0, 0.05) is 24.8 Å². The van der Waals surface area contributed by atoms with Crippen molar-refractivity contribution >= 4 is 34.9 Å². The van der Waals surface area contributed by atoms with E-state index in [4.69, 9.17) is 23.2 Å². The highest BCUT2D eigenvalue weighted by Gasteiger charge is 2.13. The van der Waals surface area contributed by atoms with Crippen molar-refractivity contribution < 1.29 is 4.79 Å². The Labute approximate surface area is 145 Å². The van der Waals surface area contributed by atoms with Gasteiger partial charge in [0.05, 0.1) is 10.0 Å². The minimum absolute atomic E-state index is 0.0586. The number of hydrogen-bond acceptors (Lipinski definition) is 3. The number of hydrogen-bond donors (Lipinski definition) is 2. The molecule has 0 saturated carbocycles. The van der Waals surface area contributed by atoms with E-state index >= 15 is 0 Å². The summed E-state index contributed by atoms with van der Waals surface area (Å²) >= 11 is 11.8. The van der Waals surface area contributed by atoms with Gasteiger partial charge in [0.15, 0.2) is 0 Å². The summed E-state index contributed by atoms with van der Waals surface area (Å²) in [6, 6.07) is 7.59. The topological polar surface area (TPSA) is 54.0 Å². The standard InChI is InChI=1S/C17H17Cl2N3O/c18-14-9-15(19)16(22-10-14)20-6-7-21-17(23)13-5-4-11-2-1-3-12(11)8-13/h4-5,8-10H,1-3,6-7H2,(H,20,22)(H,21,23). The molecule has 0 atom stereocenters. The molecule has 6 heteroatoms. The van der Waals surface area contributed by atoms with Crippen molar-refractivity contribution in [1.29, 1.82) is 0 Å². The van der Waals surface area contributed by atoms with Gasteiger partial charge in [-0.2, -0.15) is 0 Å². The number of anilines is 1. The smallest absolute Gasteiger partial charge is 0.251 e. The largest absolute Gasteiger partial charge is 0.367 e. The monoisotopic (exact) mass is 349 g/mol. The third kappa shape index (κ3) is 3.95. The molecule has 2 N–H and O–H groups in total. The number of aryl methyl sites for hydroxylation is 2. The van der Waals surface area contributed by atoms with Crippen LogP contribution in [-0.2, 0) is 12.8 Å². The number of rotatable bonds is 5. The Morgan fingerprint density at radius 3 is 2.78 bits per heavy atom. The van der Waals surface area contributed by atoms with Crippen molar-refractivity contribution in [3.63, 3.8) is 0 Å². The van der Waals surface area contributed by atoms with E-state index in [2.05, 4.69) is 21.7 Å². The highest BCUT2D eigenvalue weighted by Crippen LogP contribution is 2.23. The molecule has 0 aliphatic heterocycles. The second kappa shape index (κ2) is 7.20. The molecule has 0 bridgehead atoms. The number of carbonyl (C=O) groups is 1. The van der Waals surface area contributed by atoms with E-state index in [1.807, 2.05) is 12.1 Å². The molecule has 2 aromatic rings. The van der Waals surface area contributed by atoms with Crippen LogP contribution >= 0.6 is 23.2 Å². The Morgan fingerprint density at radius 2 is 1.96 bits per heavy atom. The van der Waals surface area contributed by atoms with Crippen LogP contribution in [0, 0.1) is 0 Å². The Balaban J connectivity index is 1.49. The Kier molecular flexibility index (Phi) is 5.03. The average molecular weight is 350 g/mol. The van der Waals surface area contributed by atoms with Crippen LogP contribution < -0.4 is 10.6 Å². The van der Waals surface area contributed by atoms with Gasteiger partial charge < -0.3 is 10.6 Å². The zero-order valence-electron chi connectivity index (χ0n) is 12.5. The molecule has 3 rings (SSSR count). The first kappa shape index (κ1) is 16.1. The van der Waals surface area contributed by atoms with E-state index in [0.717, 1.165) is 12.8 Å². The summed E-state index contributed by atoms with van der Waals surface area (Å²) < 4.78 is 0. The first-order chi connectivity index (χ1) is 11.1. The minimum atomic E-state index is -0.0586.